The Labute approximate surface area is 171 Å². The first-order valence-corrected chi connectivity index (χ1v) is 9.93. The Morgan fingerprint density at radius 1 is 1.03 bits per heavy atom. The number of aromatic nitrogens is 1. The van der Waals surface area contributed by atoms with E-state index in [4.69, 9.17) is 10.5 Å². The summed E-state index contributed by atoms with van der Waals surface area (Å²) in [5.74, 6) is 2.00. The van der Waals surface area contributed by atoms with Gasteiger partial charge in [0.15, 0.2) is 0 Å². The second-order valence-corrected chi connectivity index (χ2v) is 7.02. The van der Waals surface area contributed by atoms with Crippen molar-refractivity contribution in [3.63, 3.8) is 0 Å². The molecule has 0 saturated carbocycles. The molecule has 0 aliphatic rings. The first kappa shape index (κ1) is 20.4. The Morgan fingerprint density at radius 3 is 2.38 bits per heavy atom. The van der Waals surface area contributed by atoms with Crippen LogP contribution in [0.15, 0.2) is 60.7 Å². The van der Waals surface area contributed by atoms with Gasteiger partial charge in [-0.05, 0) is 73.7 Å². The molecule has 0 unspecified atom stereocenters. The van der Waals surface area contributed by atoms with E-state index in [2.05, 4.69) is 30.2 Å². The smallest absolute Gasteiger partial charge is 0.259 e. The van der Waals surface area contributed by atoms with Crippen LogP contribution in [0.4, 0.5) is 11.5 Å². The van der Waals surface area contributed by atoms with Gasteiger partial charge in [-0.25, -0.2) is 4.98 Å². The number of nitrogens with zero attached hydrogens (tertiary/aromatic N) is 1. The summed E-state index contributed by atoms with van der Waals surface area (Å²) in [6.07, 6.45) is 2.14. The van der Waals surface area contributed by atoms with Crippen molar-refractivity contribution in [1.29, 1.82) is 0 Å². The van der Waals surface area contributed by atoms with Gasteiger partial charge in [-0.2, -0.15) is 0 Å². The molecule has 5 heteroatoms. The van der Waals surface area contributed by atoms with Gasteiger partial charge in [0.25, 0.3) is 5.91 Å². The van der Waals surface area contributed by atoms with Gasteiger partial charge in [-0.15, -0.1) is 0 Å². The second kappa shape index (κ2) is 9.24. The van der Waals surface area contributed by atoms with Crippen LogP contribution in [0.1, 0.15) is 54.2 Å². The summed E-state index contributed by atoms with van der Waals surface area (Å²) in [6, 6.07) is 18.9. The summed E-state index contributed by atoms with van der Waals surface area (Å²) in [5.41, 5.74) is 8.87. The predicted molar refractivity (Wildman–Crippen MR) is 118 cm³/mol. The van der Waals surface area contributed by atoms with Gasteiger partial charge in [0.2, 0.25) is 0 Å². The Bertz CT molecular complexity index is 980. The molecular weight excluding hydrogens is 362 g/mol. The van der Waals surface area contributed by atoms with E-state index in [-0.39, 0.29) is 11.7 Å². The van der Waals surface area contributed by atoms with Gasteiger partial charge in [0.05, 0.1) is 5.56 Å². The molecule has 0 spiro atoms. The van der Waals surface area contributed by atoms with E-state index < -0.39 is 0 Å². The molecule has 0 bridgehead atoms. The number of anilines is 2. The van der Waals surface area contributed by atoms with E-state index in [0.717, 1.165) is 30.0 Å². The van der Waals surface area contributed by atoms with E-state index in [9.17, 15) is 4.79 Å². The Morgan fingerprint density at radius 2 is 1.72 bits per heavy atom. The molecule has 0 fully saturated rings. The maximum atomic E-state index is 12.4. The standard InChI is InChI=1S/C24H27N3O2/c1-4-17(5-2)20-8-6-7-9-22(20)29-19-13-11-18(12-14-19)27-24(28)21-15-10-16(3)26-23(21)25/h6-15,17H,4-5H2,1-3H3,(H2,25,26)(H,27,28). The molecule has 3 rings (SSSR count). The topological polar surface area (TPSA) is 77.2 Å². The van der Waals surface area contributed by atoms with Crippen LogP contribution in [0.25, 0.3) is 0 Å². The third kappa shape index (κ3) is 4.93. The zero-order valence-corrected chi connectivity index (χ0v) is 17.1. The molecule has 1 heterocycles. The van der Waals surface area contributed by atoms with E-state index in [1.54, 1.807) is 12.1 Å². The number of para-hydroxylation sites is 1. The summed E-state index contributed by atoms with van der Waals surface area (Å²) in [7, 11) is 0. The number of amides is 1. The molecule has 29 heavy (non-hydrogen) atoms. The van der Waals surface area contributed by atoms with Gasteiger partial charge >= 0.3 is 0 Å². The minimum Gasteiger partial charge on any atom is -0.457 e. The molecule has 0 aliphatic heterocycles. The lowest BCUT2D eigenvalue weighted by Gasteiger charge is -2.18. The largest absolute Gasteiger partial charge is 0.457 e. The number of rotatable bonds is 7. The van der Waals surface area contributed by atoms with Crippen molar-refractivity contribution in [3.05, 3.63) is 77.5 Å². The quantitative estimate of drug-likeness (QED) is 0.526. The van der Waals surface area contributed by atoms with Crippen LogP contribution in [-0.2, 0) is 0 Å². The number of hydrogen-bond acceptors (Lipinski definition) is 4. The number of nitrogens with two attached hydrogens (primary N) is 1. The van der Waals surface area contributed by atoms with Crippen molar-refractivity contribution in [3.8, 4) is 11.5 Å². The SMILES string of the molecule is CCC(CC)c1ccccc1Oc1ccc(NC(=O)c2ccc(C)nc2N)cc1. The van der Waals surface area contributed by atoms with Crippen LogP contribution in [0.5, 0.6) is 11.5 Å². The lowest BCUT2D eigenvalue weighted by Crippen LogP contribution is -2.15. The van der Waals surface area contributed by atoms with Crippen LogP contribution < -0.4 is 15.8 Å². The predicted octanol–water partition coefficient (Wildman–Crippen LogP) is 5.92. The minimum absolute atomic E-state index is 0.223. The van der Waals surface area contributed by atoms with Crippen LogP contribution in [0.2, 0.25) is 0 Å². The zero-order chi connectivity index (χ0) is 20.8. The summed E-state index contributed by atoms with van der Waals surface area (Å²) in [5, 5.41) is 2.84. The maximum Gasteiger partial charge on any atom is 0.259 e. The Balaban J connectivity index is 1.72. The van der Waals surface area contributed by atoms with Gasteiger partial charge in [0.1, 0.15) is 17.3 Å². The lowest BCUT2D eigenvalue weighted by atomic mass is 9.93. The number of aryl methyl sites for hydroxylation is 1. The first-order valence-electron chi connectivity index (χ1n) is 9.93. The van der Waals surface area contributed by atoms with Crippen molar-refractivity contribution >= 4 is 17.4 Å². The van der Waals surface area contributed by atoms with E-state index in [1.807, 2.05) is 49.4 Å². The number of nitrogen functional groups attached to an aromatic ring is 1. The molecule has 3 N–H and O–H groups in total. The van der Waals surface area contributed by atoms with E-state index in [1.165, 1.54) is 5.56 Å². The molecule has 3 aromatic rings. The molecule has 1 amide bonds. The number of hydrogen-bond donors (Lipinski definition) is 2. The average Bonchev–Trinajstić information content (AvgIpc) is 2.71. The van der Waals surface area contributed by atoms with Crippen molar-refractivity contribution in [2.24, 2.45) is 0 Å². The van der Waals surface area contributed by atoms with Crippen LogP contribution in [0, 0.1) is 6.92 Å². The van der Waals surface area contributed by atoms with E-state index in [0.29, 0.717) is 17.2 Å². The van der Waals surface area contributed by atoms with Crippen molar-refractivity contribution < 1.29 is 9.53 Å². The monoisotopic (exact) mass is 389 g/mol. The van der Waals surface area contributed by atoms with Crippen molar-refractivity contribution in [2.75, 3.05) is 11.1 Å². The van der Waals surface area contributed by atoms with Crippen molar-refractivity contribution in [2.45, 2.75) is 39.5 Å². The second-order valence-electron chi connectivity index (χ2n) is 7.02. The number of pyridine rings is 1. The van der Waals surface area contributed by atoms with Crippen LogP contribution in [-0.4, -0.2) is 10.9 Å². The summed E-state index contributed by atoms with van der Waals surface area (Å²) in [4.78, 5) is 16.6. The van der Waals surface area contributed by atoms with Crippen LogP contribution >= 0.6 is 0 Å². The minimum atomic E-state index is -0.289. The summed E-state index contributed by atoms with van der Waals surface area (Å²) in [6.45, 7) is 6.22. The molecule has 5 nitrogen and oxygen atoms in total. The zero-order valence-electron chi connectivity index (χ0n) is 17.1. The van der Waals surface area contributed by atoms with Gasteiger partial charge in [-0.3, -0.25) is 4.79 Å². The molecule has 0 atom stereocenters. The highest BCUT2D eigenvalue weighted by atomic mass is 16.5. The maximum absolute atomic E-state index is 12.4. The molecule has 2 aromatic carbocycles. The third-order valence-electron chi connectivity index (χ3n) is 4.99. The Hall–Kier alpha value is -3.34. The summed E-state index contributed by atoms with van der Waals surface area (Å²) < 4.78 is 6.13. The average molecular weight is 389 g/mol. The van der Waals surface area contributed by atoms with Gasteiger partial charge in [0, 0.05) is 11.4 Å². The fraction of sp³-hybridized carbons (Fsp3) is 0.250. The number of ether oxygens (including phenoxy) is 1. The number of benzene rings is 2. The van der Waals surface area contributed by atoms with Crippen LogP contribution in [0.3, 0.4) is 0 Å². The molecule has 1 aromatic heterocycles. The van der Waals surface area contributed by atoms with Gasteiger partial charge in [-0.1, -0.05) is 32.0 Å². The normalized spacial score (nSPS) is 10.8. The first-order chi connectivity index (χ1) is 14.0. The van der Waals surface area contributed by atoms with E-state index >= 15 is 0 Å². The summed E-state index contributed by atoms with van der Waals surface area (Å²) >= 11 is 0. The number of nitrogens with one attached hydrogen (secondary N) is 1. The fourth-order valence-corrected chi connectivity index (χ4v) is 3.34. The highest BCUT2D eigenvalue weighted by Gasteiger charge is 2.14. The fourth-order valence-electron chi connectivity index (χ4n) is 3.34. The van der Waals surface area contributed by atoms with Gasteiger partial charge < -0.3 is 15.8 Å². The molecule has 0 radical (unpaired) electrons. The molecular formula is C24H27N3O2. The number of carbonyl (C=O) groups is 1. The lowest BCUT2D eigenvalue weighted by molar-refractivity contribution is 0.102. The highest BCUT2D eigenvalue weighted by molar-refractivity contribution is 6.07. The molecule has 150 valence electrons. The number of carbonyl (C=O) groups excluding carboxylic acids is 1. The Kier molecular flexibility index (Phi) is 6.50. The third-order valence-corrected chi connectivity index (χ3v) is 4.99. The molecule has 0 aliphatic carbocycles. The highest BCUT2D eigenvalue weighted by Crippen LogP contribution is 2.34. The van der Waals surface area contributed by atoms with Crippen molar-refractivity contribution in [1.82, 2.24) is 4.98 Å². The molecule has 0 saturated heterocycles.